The topological polar surface area (TPSA) is 64.6 Å². The van der Waals surface area contributed by atoms with Crippen molar-refractivity contribution in [3.8, 4) is 5.75 Å². The van der Waals surface area contributed by atoms with E-state index < -0.39 is 5.97 Å². The van der Waals surface area contributed by atoms with E-state index in [1.165, 1.54) is 6.08 Å². The predicted molar refractivity (Wildman–Crippen MR) is 101 cm³/mol. The number of carbonyl (C=O) groups excluding carboxylic acids is 2. The summed E-state index contributed by atoms with van der Waals surface area (Å²) >= 11 is 0. The van der Waals surface area contributed by atoms with Gasteiger partial charge in [-0.25, -0.2) is 4.79 Å². The lowest BCUT2D eigenvalue weighted by atomic mass is 10.1. The van der Waals surface area contributed by atoms with Crippen LogP contribution >= 0.6 is 0 Å². The zero-order valence-electron chi connectivity index (χ0n) is 15.0. The van der Waals surface area contributed by atoms with Crippen LogP contribution < -0.4 is 10.1 Å². The van der Waals surface area contributed by atoms with Gasteiger partial charge in [0.1, 0.15) is 5.75 Å². The van der Waals surface area contributed by atoms with Gasteiger partial charge in [0.05, 0.1) is 7.11 Å². The molecule has 1 amide bonds. The van der Waals surface area contributed by atoms with Gasteiger partial charge in [0.25, 0.3) is 5.91 Å². The first-order chi connectivity index (χ1) is 12.5. The molecular weight excluding hydrogens is 330 g/mol. The molecule has 0 aliphatic heterocycles. The molecule has 3 rings (SSSR count). The lowest BCUT2D eigenvalue weighted by Crippen LogP contribution is -2.36. The van der Waals surface area contributed by atoms with Gasteiger partial charge in [-0.15, -0.1) is 0 Å². The average Bonchev–Trinajstić information content (AvgIpc) is 3.49. The summed E-state index contributed by atoms with van der Waals surface area (Å²) in [7, 11) is 1.64. The van der Waals surface area contributed by atoms with Gasteiger partial charge < -0.3 is 14.8 Å². The molecule has 1 saturated carbocycles. The summed E-state index contributed by atoms with van der Waals surface area (Å²) in [6, 6.07) is 11.8. The molecule has 2 aromatic rings. The number of amides is 1. The van der Waals surface area contributed by atoms with Crippen LogP contribution in [-0.2, 0) is 14.3 Å². The van der Waals surface area contributed by atoms with E-state index in [2.05, 4.69) is 5.32 Å². The van der Waals surface area contributed by atoms with E-state index in [1.54, 1.807) is 13.2 Å². The highest BCUT2D eigenvalue weighted by atomic mass is 16.5. The molecule has 1 aliphatic rings. The molecule has 0 aromatic heterocycles. The van der Waals surface area contributed by atoms with E-state index in [1.807, 2.05) is 43.3 Å². The zero-order chi connectivity index (χ0) is 18.5. The van der Waals surface area contributed by atoms with Gasteiger partial charge in [-0.05, 0) is 66.3 Å². The van der Waals surface area contributed by atoms with E-state index in [9.17, 15) is 9.59 Å². The van der Waals surface area contributed by atoms with E-state index in [4.69, 9.17) is 9.47 Å². The van der Waals surface area contributed by atoms with Crippen molar-refractivity contribution in [2.75, 3.05) is 13.7 Å². The van der Waals surface area contributed by atoms with Crippen molar-refractivity contribution in [3.63, 3.8) is 0 Å². The molecule has 26 heavy (non-hydrogen) atoms. The summed E-state index contributed by atoms with van der Waals surface area (Å²) < 4.78 is 10.2. The van der Waals surface area contributed by atoms with Crippen LogP contribution in [0.1, 0.15) is 25.3 Å². The normalized spacial score (nSPS) is 15.0. The van der Waals surface area contributed by atoms with Crippen LogP contribution in [0, 0.1) is 5.92 Å². The van der Waals surface area contributed by atoms with Crippen molar-refractivity contribution >= 4 is 28.7 Å². The summed E-state index contributed by atoms with van der Waals surface area (Å²) in [4.78, 5) is 23.5. The standard InChI is InChI=1S/C21H23NO4/c1-14(16-6-7-16)22-20(23)13-26-21(24)10-4-15-3-5-18-12-19(25-2)9-8-17(18)11-15/h3-5,8-12,14,16H,6-7,13H2,1-2H3,(H,22,23)/b10-4+/t14-/m1/s1. The Kier molecular flexibility index (Phi) is 5.56. The molecule has 0 bridgehead atoms. The number of esters is 1. The molecule has 1 atom stereocenters. The minimum atomic E-state index is -0.533. The molecule has 1 aliphatic carbocycles. The lowest BCUT2D eigenvalue weighted by Gasteiger charge is -2.12. The fourth-order valence-corrected chi connectivity index (χ4v) is 2.83. The summed E-state index contributed by atoms with van der Waals surface area (Å²) in [6.07, 6.45) is 5.32. The lowest BCUT2D eigenvalue weighted by molar-refractivity contribution is -0.144. The van der Waals surface area contributed by atoms with E-state index >= 15 is 0 Å². The van der Waals surface area contributed by atoms with Crippen molar-refractivity contribution in [1.29, 1.82) is 0 Å². The molecule has 5 nitrogen and oxygen atoms in total. The molecule has 0 unspecified atom stereocenters. The third-order valence-corrected chi connectivity index (χ3v) is 4.55. The Bertz CT molecular complexity index is 839. The summed E-state index contributed by atoms with van der Waals surface area (Å²) in [5.74, 6) is 0.584. The van der Waals surface area contributed by atoms with Crippen molar-refractivity contribution < 1.29 is 19.1 Å². The second-order valence-electron chi connectivity index (χ2n) is 6.61. The van der Waals surface area contributed by atoms with Gasteiger partial charge in [-0.1, -0.05) is 18.2 Å². The average molecular weight is 353 g/mol. The zero-order valence-corrected chi connectivity index (χ0v) is 15.0. The van der Waals surface area contributed by atoms with Gasteiger partial charge in [-0.3, -0.25) is 4.79 Å². The van der Waals surface area contributed by atoms with Crippen molar-refractivity contribution in [3.05, 3.63) is 48.0 Å². The first-order valence-electron chi connectivity index (χ1n) is 8.77. The van der Waals surface area contributed by atoms with Gasteiger partial charge >= 0.3 is 5.97 Å². The van der Waals surface area contributed by atoms with Gasteiger partial charge in [0.15, 0.2) is 6.61 Å². The first kappa shape index (κ1) is 18.0. The number of methoxy groups -OCH3 is 1. The number of hydrogen-bond acceptors (Lipinski definition) is 4. The van der Waals surface area contributed by atoms with E-state index in [0.717, 1.165) is 34.9 Å². The molecule has 1 fully saturated rings. The maximum Gasteiger partial charge on any atom is 0.331 e. The second kappa shape index (κ2) is 8.04. The number of nitrogens with one attached hydrogen (secondary N) is 1. The second-order valence-corrected chi connectivity index (χ2v) is 6.61. The van der Waals surface area contributed by atoms with E-state index in [-0.39, 0.29) is 18.6 Å². The molecule has 0 heterocycles. The molecule has 0 spiro atoms. The fourth-order valence-electron chi connectivity index (χ4n) is 2.83. The Hall–Kier alpha value is -2.82. The molecule has 136 valence electrons. The third kappa shape index (κ3) is 4.85. The quantitative estimate of drug-likeness (QED) is 0.613. The number of rotatable bonds is 7. The highest BCUT2D eigenvalue weighted by molar-refractivity contribution is 5.91. The largest absolute Gasteiger partial charge is 0.497 e. The molecule has 0 saturated heterocycles. The predicted octanol–water partition coefficient (Wildman–Crippen LogP) is 3.32. The maximum absolute atomic E-state index is 11.8. The summed E-state index contributed by atoms with van der Waals surface area (Å²) in [6.45, 7) is 1.73. The Balaban J connectivity index is 1.52. The van der Waals surface area contributed by atoms with Crippen LogP contribution in [0.25, 0.3) is 16.8 Å². The van der Waals surface area contributed by atoms with Crippen LogP contribution in [0.15, 0.2) is 42.5 Å². The van der Waals surface area contributed by atoms with Crippen LogP contribution in [0.5, 0.6) is 5.75 Å². The molecule has 0 radical (unpaired) electrons. The van der Waals surface area contributed by atoms with Crippen molar-refractivity contribution in [2.45, 2.75) is 25.8 Å². The third-order valence-electron chi connectivity index (χ3n) is 4.55. The van der Waals surface area contributed by atoms with Gasteiger partial charge in [0.2, 0.25) is 0 Å². The SMILES string of the molecule is COc1ccc2cc(/C=C/C(=O)OCC(=O)N[C@H](C)C3CC3)ccc2c1. The monoisotopic (exact) mass is 353 g/mol. The van der Waals surface area contributed by atoms with E-state index in [0.29, 0.717) is 5.92 Å². The number of hydrogen-bond donors (Lipinski definition) is 1. The first-order valence-corrected chi connectivity index (χ1v) is 8.77. The van der Waals surface area contributed by atoms with Crippen LogP contribution in [0.2, 0.25) is 0 Å². The van der Waals surface area contributed by atoms with Crippen LogP contribution in [0.4, 0.5) is 0 Å². The molecular formula is C21H23NO4. The summed E-state index contributed by atoms with van der Waals surface area (Å²) in [5, 5.41) is 4.96. The highest BCUT2D eigenvalue weighted by Crippen LogP contribution is 2.32. The molecule has 5 heteroatoms. The minimum absolute atomic E-state index is 0.146. The smallest absolute Gasteiger partial charge is 0.331 e. The van der Waals surface area contributed by atoms with Crippen molar-refractivity contribution in [1.82, 2.24) is 5.32 Å². The van der Waals surface area contributed by atoms with Crippen molar-refractivity contribution in [2.24, 2.45) is 5.92 Å². The van der Waals surface area contributed by atoms with Crippen LogP contribution in [-0.4, -0.2) is 31.6 Å². The number of carbonyl (C=O) groups is 2. The summed E-state index contributed by atoms with van der Waals surface area (Å²) in [5.41, 5.74) is 0.881. The number of fused-ring (bicyclic) bond motifs is 1. The fraction of sp³-hybridized carbons (Fsp3) is 0.333. The number of benzene rings is 2. The Morgan fingerprint density at radius 3 is 2.65 bits per heavy atom. The minimum Gasteiger partial charge on any atom is -0.497 e. The number of ether oxygens (including phenoxy) is 2. The Morgan fingerprint density at radius 1 is 1.19 bits per heavy atom. The highest BCUT2D eigenvalue weighted by Gasteiger charge is 2.28. The van der Waals surface area contributed by atoms with Gasteiger partial charge in [0, 0.05) is 12.1 Å². The van der Waals surface area contributed by atoms with Crippen LogP contribution in [0.3, 0.4) is 0 Å². The maximum atomic E-state index is 11.8. The Labute approximate surface area is 153 Å². The molecule has 2 aromatic carbocycles. The van der Waals surface area contributed by atoms with Gasteiger partial charge in [-0.2, -0.15) is 0 Å². The molecule has 1 N–H and O–H groups in total. The Morgan fingerprint density at radius 2 is 1.92 bits per heavy atom.